The summed E-state index contributed by atoms with van der Waals surface area (Å²) >= 11 is 0. The normalized spacial score (nSPS) is 19.3. The lowest BCUT2D eigenvalue weighted by molar-refractivity contribution is -0.147. The lowest BCUT2D eigenvalue weighted by Crippen LogP contribution is -2.41. The zero-order chi connectivity index (χ0) is 16.2. The second-order valence-corrected chi connectivity index (χ2v) is 5.67. The third kappa shape index (κ3) is 8.14. The van der Waals surface area contributed by atoms with E-state index in [1.165, 1.54) is 0 Å². The maximum absolute atomic E-state index is 11.7. The number of rotatable bonds is 9. The van der Waals surface area contributed by atoms with Crippen molar-refractivity contribution in [1.29, 1.82) is 0 Å². The fourth-order valence-electron chi connectivity index (χ4n) is 2.34. The first-order valence-corrected chi connectivity index (χ1v) is 8.23. The molecular weight excluding hydrogens is 282 g/mol. The second-order valence-electron chi connectivity index (χ2n) is 5.67. The van der Waals surface area contributed by atoms with E-state index in [0.29, 0.717) is 13.0 Å². The maximum Gasteiger partial charge on any atom is 0.308 e. The van der Waals surface area contributed by atoms with Crippen LogP contribution in [0.1, 0.15) is 51.4 Å². The largest absolute Gasteiger partial charge is 0.458 e. The average Bonchev–Trinajstić information content (AvgIpc) is 2.75. The number of carbonyl (C=O) groups excluding carboxylic acids is 2. The molecule has 0 fully saturated rings. The topological polar surface area (TPSA) is 107 Å². The molecule has 0 aromatic heterocycles. The second kappa shape index (κ2) is 11.2. The summed E-state index contributed by atoms with van der Waals surface area (Å²) in [5.74, 6) is -0.507. The molecule has 126 valence electrons. The van der Waals surface area contributed by atoms with Crippen LogP contribution in [-0.2, 0) is 14.3 Å². The SMILES string of the molecule is NCCCC[C@@H](N)C(=O)NCCC(=O)OC1C=CCCCC1. The molecular formula is C16H29N3O3. The van der Waals surface area contributed by atoms with Crippen LogP contribution < -0.4 is 16.8 Å². The summed E-state index contributed by atoms with van der Waals surface area (Å²) in [7, 11) is 0. The first-order chi connectivity index (χ1) is 10.6. The summed E-state index contributed by atoms with van der Waals surface area (Å²) in [6, 6.07) is -0.535. The number of nitrogens with one attached hydrogen (secondary N) is 1. The van der Waals surface area contributed by atoms with Gasteiger partial charge in [-0.05, 0) is 51.1 Å². The van der Waals surface area contributed by atoms with Crippen LogP contribution in [0.2, 0.25) is 0 Å². The number of carbonyl (C=O) groups is 2. The van der Waals surface area contributed by atoms with Crippen molar-refractivity contribution in [3.8, 4) is 0 Å². The quantitative estimate of drug-likeness (QED) is 0.334. The van der Waals surface area contributed by atoms with E-state index in [4.69, 9.17) is 16.2 Å². The number of allylic oxidation sites excluding steroid dienone is 1. The minimum absolute atomic E-state index is 0.121. The molecule has 0 radical (unpaired) electrons. The molecule has 0 aromatic rings. The fourth-order valence-corrected chi connectivity index (χ4v) is 2.34. The average molecular weight is 311 g/mol. The van der Waals surface area contributed by atoms with Gasteiger partial charge in [-0.15, -0.1) is 0 Å². The number of ether oxygens (including phenoxy) is 1. The molecule has 0 aliphatic heterocycles. The van der Waals surface area contributed by atoms with Crippen molar-refractivity contribution < 1.29 is 14.3 Å². The van der Waals surface area contributed by atoms with Gasteiger partial charge in [0.2, 0.25) is 5.91 Å². The summed E-state index contributed by atoms with van der Waals surface area (Å²) in [4.78, 5) is 23.5. The van der Waals surface area contributed by atoms with Crippen LogP contribution in [-0.4, -0.2) is 37.1 Å². The van der Waals surface area contributed by atoms with E-state index in [1.807, 2.05) is 6.08 Å². The molecule has 6 heteroatoms. The van der Waals surface area contributed by atoms with Crippen molar-refractivity contribution in [3.05, 3.63) is 12.2 Å². The standard InChI is InChI=1S/C16H29N3O3/c17-11-6-5-9-14(18)16(21)19-12-10-15(20)22-13-7-3-1-2-4-8-13/h3,7,13-14H,1-2,4-6,8-12,17-18H2,(H,19,21)/t13?,14-/m1/s1. The van der Waals surface area contributed by atoms with E-state index in [0.717, 1.165) is 38.5 Å². The Morgan fingerprint density at radius 2 is 2.14 bits per heavy atom. The van der Waals surface area contributed by atoms with E-state index in [1.54, 1.807) is 0 Å². The van der Waals surface area contributed by atoms with Gasteiger partial charge in [0.15, 0.2) is 0 Å². The molecule has 0 saturated carbocycles. The molecule has 1 aliphatic carbocycles. The Morgan fingerprint density at radius 3 is 2.91 bits per heavy atom. The van der Waals surface area contributed by atoms with Gasteiger partial charge in [-0.25, -0.2) is 0 Å². The number of esters is 1. The monoisotopic (exact) mass is 311 g/mol. The van der Waals surface area contributed by atoms with Crippen LogP contribution in [0.25, 0.3) is 0 Å². The van der Waals surface area contributed by atoms with Crippen LogP contribution in [0.4, 0.5) is 0 Å². The third-order valence-corrected chi connectivity index (χ3v) is 3.68. The van der Waals surface area contributed by atoms with Crippen molar-refractivity contribution in [2.24, 2.45) is 11.5 Å². The Morgan fingerprint density at radius 1 is 1.32 bits per heavy atom. The molecule has 1 aliphatic rings. The number of nitrogens with two attached hydrogens (primary N) is 2. The molecule has 1 amide bonds. The first-order valence-electron chi connectivity index (χ1n) is 8.23. The van der Waals surface area contributed by atoms with E-state index in [9.17, 15) is 9.59 Å². The lowest BCUT2D eigenvalue weighted by atomic mass is 10.1. The van der Waals surface area contributed by atoms with Crippen molar-refractivity contribution in [2.45, 2.75) is 63.5 Å². The molecule has 1 unspecified atom stereocenters. The van der Waals surface area contributed by atoms with E-state index < -0.39 is 6.04 Å². The van der Waals surface area contributed by atoms with Gasteiger partial charge in [0.25, 0.3) is 0 Å². The molecule has 0 heterocycles. The minimum atomic E-state index is -0.535. The molecule has 2 atom stereocenters. The Balaban J connectivity index is 2.14. The minimum Gasteiger partial charge on any atom is -0.458 e. The highest BCUT2D eigenvalue weighted by Crippen LogP contribution is 2.14. The van der Waals surface area contributed by atoms with Gasteiger partial charge < -0.3 is 21.5 Å². The Labute approximate surface area is 132 Å². The van der Waals surface area contributed by atoms with Gasteiger partial charge in [0, 0.05) is 6.54 Å². The molecule has 0 spiro atoms. The highest BCUT2D eigenvalue weighted by atomic mass is 16.5. The lowest BCUT2D eigenvalue weighted by Gasteiger charge is -2.14. The summed E-state index contributed by atoms with van der Waals surface area (Å²) in [5, 5.41) is 2.68. The summed E-state index contributed by atoms with van der Waals surface area (Å²) in [6.45, 7) is 0.870. The molecule has 1 rings (SSSR count). The molecule has 22 heavy (non-hydrogen) atoms. The van der Waals surface area contributed by atoms with Gasteiger partial charge in [-0.2, -0.15) is 0 Å². The first kappa shape index (κ1) is 18.6. The van der Waals surface area contributed by atoms with Gasteiger partial charge in [-0.1, -0.05) is 12.5 Å². The third-order valence-electron chi connectivity index (χ3n) is 3.68. The number of hydrogen-bond acceptors (Lipinski definition) is 5. The van der Waals surface area contributed by atoms with Crippen LogP contribution >= 0.6 is 0 Å². The van der Waals surface area contributed by atoms with E-state index >= 15 is 0 Å². The van der Waals surface area contributed by atoms with Crippen LogP contribution in [0.3, 0.4) is 0 Å². The molecule has 5 N–H and O–H groups in total. The van der Waals surface area contributed by atoms with Crippen molar-refractivity contribution in [3.63, 3.8) is 0 Å². The van der Waals surface area contributed by atoms with Gasteiger partial charge >= 0.3 is 5.97 Å². The Kier molecular flexibility index (Phi) is 9.50. The Bertz CT molecular complexity index is 372. The number of unbranched alkanes of at least 4 members (excludes halogenated alkanes) is 1. The smallest absolute Gasteiger partial charge is 0.308 e. The van der Waals surface area contributed by atoms with Gasteiger partial charge in [0.1, 0.15) is 6.10 Å². The van der Waals surface area contributed by atoms with Gasteiger partial charge in [0.05, 0.1) is 12.5 Å². The zero-order valence-electron chi connectivity index (χ0n) is 13.3. The fraction of sp³-hybridized carbons (Fsp3) is 0.750. The van der Waals surface area contributed by atoms with E-state index in [-0.39, 0.29) is 30.9 Å². The highest BCUT2D eigenvalue weighted by molar-refractivity contribution is 5.82. The maximum atomic E-state index is 11.7. The molecule has 0 aromatic carbocycles. The van der Waals surface area contributed by atoms with Crippen molar-refractivity contribution in [2.75, 3.05) is 13.1 Å². The molecule has 6 nitrogen and oxygen atoms in total. The van der Waals surface area contributed by atoms with Crippen LogP contribution in [0.5, 0.6) is 0 Å². The van der Waals surface area contributed by atoms with Crippen LogP contribution in [0, 0.1) is 0 Å². The van der Waals surface area contributed by atoms with Crippen LogP contribution in [0.15, 0.2) is 12.2 Å². The van der Waals surface area contributed by atoms with Crippen molar-refractivity contribution in [1.82, 2.24) is 5.32 Å². The Hall–Kier alpha value is -1.40. The molecule has 0 bridgehead atoms. The summed E-state index contributed by atoms with van der Waals surface area (Å²) in [6.07, 6.45) is 10.5. The zero-order valence-corrected chi connectivity index (χ0v) is 13.3. The predicted molar refractivity (Wildman–Crippen MR) is 86.0 cm³/mol. The number of amides is 1. The van der Waals surface area contributed by atoms with E-state index in [2.05, 4.69) is 11.4 Å². The highest BCUT2D eigenvalue weighted by Gasteiger charge is 2.15. The summed E-state index contributed by atoms with van der Waals surface area (Å²) in [5.41, 5.74) is 11.2. The molecule has 0 saturated heterocycles. The van der Waals surface area contributed by atoms with Crippen molar-refractivity contribution >= 4 is 11.9 Å². The van der Waals surface area contributed by atoms with Gasteiger partial charge in [-0.3, -0.25) is 9.59 Å². The summed E-state index contributed by atoms with van der Waals surface area (Å²) < 4.78 is 5.37. The number of hydrogen-bond donors (Lipinski definition) is 3. The predicted octanol–water partition coefficient (Wildman–Crippen LogP) is 0.991.